The number of nitrogens with one attached hydrogen (secondary N) is 1. The van der Waals surface area contributed by atoms with Gasteiger partial charge in [-0.15, -0.1) is 0 Å². The first kappa shape index (κ1) is 16.1. The predicted molar refractivity (Wildman–Crippen MR) is 87.0 cm³/mol. The third kappa shape index (κ3) is 4.35. The summed E-state index contributed by atoms with van der Waals surface area (Å²) in [6.45, 7) is 0.420. The van der Waals surface area contributed by atoms with Crippen molar-refractivity contribution >= 4 is 38.9 Å². The fourth-order valence-corrected chi connectivity index (χ4v) is 3.39. The molecule has 0 heterocycles. The molecular weight excluding hydrogens is 331 g/mol. The van der Waals surface area contributed by atoms with Gasteiger partial charge >= 0.3 is 0 Å². The number of benzene rings is 2. The fraction of sp³-hybridized carbons (Fsp3) is 0.143. The standard InChI is InChI=1S/C14H14Cl2N2O2S/c15-12-2-1-3-13(14(12)16)18-21(19,20)9-11-6-4-10(8-17)5-7-11/h1-7,18H,8-9,17H2. The van der Waals surface area contributed by atoms with Gasteiger partial charge in [0.05, 0.1) is 21.5 Å². The highest BCUT2D eigenvalue weighted by molar-refractivity contribution is 7.91. The first-order chi connectivity index (χ1) is 9.91. The van der Waals surface area contributed by atoms with E-state index in [1.165, 1.54) is 0 Å². The van der Waals surface area contributed by atoms with Gasteiger partial charge in [0.15, 0.2) is 0 Å². The summed E-state index contributed by atoms with van der Waals surface area (Å²) in [6.07, 6.45) is 0. The molecule has 112 valence electrons. The topological polar surface area (TPSA) is 72.2 Å². The van der Waals surface area contributed by atoms with Crippen LogP contribution < -0.4 is 10.5 Å². The third-order valence-corrected chi connectivity index (χ3v) is 4.90. The average molecular weight is 345 g/mol. The lowest BCUT2D eigenvalue weighted by Gasteiger charge is -2.10. The summed E-state index contributed by atoms with van der Waals surface area (Å²) in [6, 6.07) is 11.9. The van der Waals surface area contributed by atoms with E-state index in [-0.39, 0.29) is 16.5 Å². The van der Waals surface area contributed by atoms with E-state index in [4.69, 9.17) is 28.9 Å². The molecule has 0 aromatic heterocycles. The maximum absolute atomic E-state index is 12.1. The maximum atomic E-state index is 12.1. The molecule has 0 spiro atoms. The number of hydrogen-bond acceptors (Lipinski definition) is 3. The summed E-state index contributed by atoms with van der Waals surface area (Å²) in [5.74, 6) is -0.152. The normalized spacial score (nSPS) is 11.4. The van der Waals surface area contributed by atoms with Gasteiger partial charge in [0.2, 0.25) is 10.0 Å². The summed E-state index contributed by atoms with van der Waals surface area (Å²) < 4.78 is 26.7. The Morgan fingerprint density at radius 3 is 2.24 bits per heavy atom. The molecule has 0 unspecified atom stereocenters. The van der Waals surface area contributed by atoms with Gasteiger partial charge in [-0.2, -0.15) is 0 Å². The Kier molecular flexibility index (Phi) is 5.11. The van der Waals surface area contributed by atoms with Crippen molar-refractivity contribution < 1.29 is 8.42 Å². The van der Waals surface area contributed by atoms with Crippen molar-refractivity contribution in [3.63, 3.8) is 0 Å². The minimum Gasteiger partial charge on any atom is -0.326 e. The molecule has 0 aliphatic heterocycles. The maximum Gasteiger partial charge on any atom is 0.236 e. The Morgan fingerprint density at radius 1 is 1.00 bits per heavy atom. The van der Waals surface area contributed by atoms with Crippen LogP contribution in [0.25, 0.3) is 0 Å². The van der Waals surface area contributed by atoms with Gasteiger partial charge in [0.1, 0.15) is 0 Å². The van der Waals surface area contributed by atoms with Crippen LogP contribution in [0.5, 0.6) is 0 Å². The Hall–Kier alpha value is -1.27. The minimum absolute atomic E-state index is 0.152. The minimum atomic E-state index is -3.57. The van der Waals surface area contributed by atoms with Crippen LogP contribution in [-0.4, -0.2) is 8.42 Å². The van der Waals surface area contributed by atoms with Crippen LogP contribution in [0.1, 0.15) is 11.1 Å². The number of nitrogens with two attached hydrogens (primary N) is 1. The second-order valence-electron chi connectivity index (χ2n) is 4.48. The molecule has 0 fully saturated rings. The summed E-state index contributed by atoms with van der Waals surface area (Å²) in [5.41, 5.74) is 7.38. The smallest absolute Gasteiger partial charge is 0.236 e. The molecule has 0 atom stereocenters. The zero-order chi connectivity index (χ0) is 15.5. The van der Waals surface area contributed by atoms with Crippen molar-refractivity contribution in [1.29, 1.82) is 0 Å². The molecule has 0 saturated heterocycles. The molecule has 21 heavy (non-hydrogen) atoms. The van der Waals surface area contributed by atoms with Crippen LogP contribution in [0.2, 0.25) is 10.0 Å². The Morgan fingerprint density at radius 2 is 1.62 bits per heavy atom. The molecule has 0 saturated carbocycles. The predicted octanol–water partition coefficient (Wildman–Crippen LogP) is 3.39. The summed E-state index contributed by atoms with van der Waals surface area (Å²) in [5, 5.41) is 0.477. The van der Waals surface area contributed by atoms with Gasteiger partial charge in [0, 0.05) is 6.54 Å². The number of anilines is 1. The lowest BCUT2D eigenvalue weighted by molar-refractivity contribution is 0.600. The highest BCUT2D eigenvalue weighted by atomic mass is 35.5. The first-order valence-electron chi connectivity index (χ1n) is 6.13. The van der Waals surface area contributed by atoms with Crippen molar-refractivity contribution in [3.8, 4) is 0 Å². The molecule has 0 aliphatic carbocycles. The molecule has 2 aromatic rings. The second kappa shape index (κ2) is 6.66. The van der Waals surface area contributed by atoms with E-state index < -0.39 is 10.0 Å². The average Bonchev–Trinajstić information content (AvgIpc) is 2.44. The molecule has 2 aromatic carbocycles. The Balaban J connectivity index is 2.16. The van der Waals surface area contributed by atoms with Crippen molar-refractivity contribution in [2.24, 2.45) is 5.73 Å². The lowest BCUT2D eigenvalue weighted by atomic mass is 10.1. The van der Waals surface area contributed by atoms with Crippen molar-refractivity contribution in [1.82, 2.24) is 0 Å². The first-order valence-corrected chi connectivity index (χ1v) is 8.54. The summed E-state index contributed by atoms with van der Waals surface area (Å²) in [7, 11) is -3.57. The molecular formula is C14H14Cl2N2O2S. The molecule has 7 heteroatoms. The Labute approximate surface area is 133 Å². The van der Waals surface area contributed by atoms with Crippen LogP contribution in [0.3, 0.4) is 0 Å². The lowest BCUT2D eigenvalue weighted by Crippen LogP contribution is -2.15. The SMILES string of the molecule is NCc1ccc(CS(=O)(=O)Nc2cccc(Cl)c2Cl)cc1. The van der Waals surface area contributed by atoms with Crippen LogP contribution in [0.4, 0.5) is 5.69 Å². The van der Waals surface area contributed by atoms with Gasteiger partial charge in [-0.1, -0.05) is 53.5 Å². The van der Waals surface area contributed by atoms with E-state index in [9.17, 15) is 8.42 Å². The van der Waals surface area contributed by atoms with Gasteiger partial charge in [-0.25, -0.2) is 8.42 Å². The molecule has 0 amide bonds. The van der Waals surface area contributed by atoms with E-state index in [1.54, 1.807) is 42.5 Å². The quantitative estimate of drug-likeness (QED) is 0.872. The van der Waals surface area contributed by atoms with Crippen LogP contribution in [-0.2, 0) is 22.3 Å². The van der Waals surface area contributed by atoms with Crippen molar-refractivity contribution in [2.75, 3.05) is 4.72 Å². The molecule has 3 N–H and O–H groups in total. The fourth-order valence-electron chi connectivity index (χ4n) is 1.78. The Bertz CT molecular complexity index is 731. The number of hydrogen-bond donors (Lipinski definition) is 2. The third-order valence-electron chi connectivity index (χ3n) is 2.83. The van der Waals surface area contributed by atoms with Gasteiger partial charge in [0.25, 0.3) is 0 Å². The number of halogens is 2. The van der Waals surface area contributed by atoms with Crippen molar-refractivity contribution in [3.05, 3.63) is 63.6 Å². The molecule has 0 bridgehead atoms. The van der Waals surface area contributed by atoms with E-state index in [0.29, 0.717) is 17.1 Å². The van der Waals surface area contributed by atoms with E-state index in [1.807, 2.05) is 0 Å². The summed E-state index contributed by atoms with van der Waals surface area (Å²) >= 11 is 11.8. The molecule has 4 nitrogen and oxygen atoms in total. The molecule has 0 aliphatic rings. The van der Waals surface area contributed by atoms with E-state index in [0.717, 1.165) is 5.56 Å². The van der Waals surface area contributed by atoms with Crippen molar-refractivity contribution in [2.45, 2.75) is 12.3 Å². The van der Waals surface area contributed by atoms with E-state index >= 15 is 0 Å². The largest absolute Gasteiger partial charge is 0.326 e. The van der Waals surface area contributed by atoms with Gasteiger partial charge in [-0.05, 0) is 23.3 Å². The number of rotatable bonds is 5. The monoisotopic (exact) mass is 344 g/mol. The van der Waals surface area contributed by atoms with Crippen LogP contribution in [0.15, 0.2) is 42.5 Å². The number of sulfonamides is 1. The second-order valence-corrected chi connectivity index (χ2v) is 6.99. The summed E-state index contributed by atoms with van der Waals surface area (Å²) in [4.78, 5) is 0. The highest BCUT2D eigenvalue weighted by Gasteiger charge is 2.14. The zero-order valence-corrected chi connectivity index (χ0v) is 13.3. The zero-order valence-electron chi connectivity index (χ0n) is 11.0. The molecule has 0 radical (unpaired) electrons. The van der Waals surface area contributed by atoms with Gasteiger partial charge in [-0.3, -0.25) is 4.72 Å². The van der Waals surface area contributed by atoms with E-state index in [2.05, 4.69) is 4.72 Å². The highest BCUT2D eigenvalue weighted by Crippen LogP contribution is 2.30. The van der Waals surface area contributed by atoms with Gasteiger partial charge < -0.3 is 5.73 Å². The molecule has 2 rings (SSSR count). The van der Waals surface area contributed by atoms with Crippen LogP contribution in [0, 0.1) is 0 Å². The van der Waals surface area contributed by atoms with Crippen LogP contribution >= 0.6 is 23.2 Å².